The third-order valence-corrected chi connectivity index (χ3v) is 3.52. The molecule has 0 saturated carbocycles. The molecule has 2 aromatic carbocycles. The van der Waals surface area contributed by atoms with Crippen LogP contribution in [0.25, 0.3) is 10.9 Å². The maximum Gasteiger partial charge on any atom is 0.0722 e. The standard InChI is InChI=1S/C17H16N2/c1-12-6-5-9-15(13(12)2)19-17-10-11-18-16-8-4-3-7-14(16)17/h3-11H,1-2H3,(H,18,19). The summed E-state index contributed by atoms with van der Waals surface area (Å²) in [6.07, 6.45) is 1.84. The van der Waals surface area contributed by atoms with Gasteiger partial charge in [-0.05, 0) is 43.2 Å². The fourth-order valence-electron chi connectivity index (χ4n) is 2.24. The summed E-state index contributed by atoms with van der Waals surface area (Å²) in [5.74, 6) is 0. The van der Waals surface area contributed by atoms with Gasteiger partial charge in [0, 0.05) is 23.0 Å². The minimum Gasteiger partial charge on any atom is -0.355 e. The van der Waals surface area contributed by atoms with Crippen LogP contribution in [0.15, 0.2) is 54.7 Å². The molecule has 1 aromatic heterocycles. The van der Waals surface area contributed by atoms with Gasteiger partial charge in [0.15, 0.2) is 0 Å². The minimum absolute atomic E-state index is 1.01. The van der Waals surface area contributed by atoms with Crippen LogP contribution < -0.4 is 5.32 Å². The van der Waals surface area contributed by atoms with Gasteiger partial charge in [0.2, 0.25) is 0 Å². The molecule has 0 aliphatic carbocycles. The number of nitrogens with zero attached hydrogens (tertiary/aromatic N) is 1. The number of hydrogen-bond donors (Lipinski definition) is 1. The number of aromatic nitrogens is 1. The topological polar surface area (TPSA) is 24.9 Å². The predicted octanol–water partition coefficient (Wildman–Crippen LogP) is 4.60. The van der Waals surface area contributed by atoms with E-state index in [1.165, 1.54) is 11.1 Å². The summed E-state index contributed by atoms with van der Waals surface area (Å²) in [7, 11) is 0. The van der Waals surface area contributed by atoms with Crippen LogP contribution in [0.1, 0.15) is 11.1 Å². The molecule has 0 aliphatic heterocycles. The van der Waals surface area contributed by atoms with Crippen LogP contribution >= 0.6 is 0 Å². The van der Waals surface area contributed by atoms with Crippen molar-refractivity contribution in [2.24, 2.45) is 0 Å². The van der Waals surface area contributed by atoms with Gasteiger partial charge in [-0.1, -0.05) is 30.3 Å². The summed E-state index contributed by atoms with van der Waals surface area (Å²) < 4.78 is 0. The molecule has 0 radical (unpaired) electrons. The Morgan fingerprint density at radius 2 is 1.68 bits per heavy atom. The van der Waals surface area contributed by atoms with Crippen LogP contribution in [0.2, 0.25) is 0 Å². The fourth-order valence-corrected chi connectivity index (χ4v) is 2.24. The van der Waals surface area contributed by atoms with E-state index in [1.807, 2.05) is 30.5 Å². The van der Waals surface area contributed by atoms with Crippen LogP contribution in [0.5, 0.6) is 0 Å². The lowest BCUT2D eigenvalue weighted by Gasteiger charge is -2.13. The van der Waals surface area contributed by atoms with Crippen LogP contribution in [-0.4, -0.2) is 4.98 Å². The zero-order valence-corrected chi connectivity index (χ0v) is 11.1. The Balaban J connectivity index is 2.09. The van der Waals surface area contributed by atoms with Gasteiger partial charge in [0.25, 0.3) is 0 Å². The second kappa shape index (κ2) is 4.73. The zero-order valence-electron chi connectivity index (χ0n) is 11.1. The Morgan fingerprint density at radius 3 is 2.58 bits per heavy atom. The smallest absolute Gasteiger partial charge is 0.0722 e. The first-order valence-corrected chi connectivity index (χ1v) is 6.43. The van der Waals surface area contributed by atoms with Gasteiger partial charge in [0.05, 0.1) is 5.52 Å². The van der Waals surface area contributed by atoms with E-state index in [0.29, 0.717) is 0 Å². The molecule has 0 aliphatic rings. The highest BCUT2D eigenvalue weighted by Gasteiger charge is 2.04. The lowest BCUT2D eigenvalue weighted by molar-refractivity contribution is 1.33. The van der Waals surface area contributed by atoms with Crippen molar-refractivity contribution in [1.29, 1.82) is 0 Å². The molecular weight excluding hydrogens is 232 g/mol. The fraction of sp³-hybridized carbons (Fsp3) is 0.118. The van der Waals surface area contributed by atoms with Crippen molar-refractivity contribution in [2.75, 3.05) is 5.32 Å². The quantitative estimate of drug-likeness (QED) is 0.717. The molecule has 0 bridgehead atoms. The predicted molar refractivity (Wildman–Crippen MR) is 80.9 cm³/mol. The van der Waals surface area contributed by atoms with Crippen LogP contribution in [0, 0.1) is 13.8 Å². The molecule has 3 rings (SSSR count). The number of aryl methyl sites for hydroxylation is 1. The number of benzene rings is 2. The van der Waals surface area contributed by atoms with E-state index in [1.54, 1.807) is 0 Å². The van der Waals surface area contributed by atoms with E-state index in [2.05, 4.69) is 48.4 Å². The Bertz CT molecular complexity index is 727. The average Bonchev–Trinajstić information content (AvgIpc) is 2.44. The van der Waals surface area contributed by atoms with E-state index in [0.717, 1.165) is 22.3 Å². The second-order valence-electron chi connectivity index (χ2n) is 4.75. The van der Waals surface area contributed by atoms with Gasteiger partial charge in [-0.25, -0.2) is 0 Å². The molecule has 2 heteroatoms. The summed E-state index contributed by atoms with van der Waals surface area (Å²) in [5, 5.41) is 4.66. The highest BCUT2D eigenvalue weighted by molar-refractivity contribution is 5.92. The maximum absolute atomic E-state index is 4.38. The minimum atomic E-state index is 1.01. The molecular formula is C17H16N2. The summed E-state index contributed by atoms with van der Waals surface area (Å²) in [4.78, 5) is 4.38. The lowest BCUT2D eigenvalue weighted by atomic mass is 10.1. The highest BCUT2D eigenvalue weighted by atomic mass is 14.9. The third kappa shape index (κ3) is 2.17. The lowest BCUT2D eigenvalue weighted by Crippen LogP contribution is -1.96. The Kier molecular flexibility index (Phi) is 2.92. The number of hydrogen-bond acceptors (Lipinski definition) is 2. The number of fused-ring (bicyclic) bond motifs is 1. The Morgan fingerprint density at radius 1 is 0.842 bits per heavy atom. The molecule has 2 nitrogen and oxygen atoms in total. The average molecular weight is 248 g/mol. The van der Waals surface area contributed by atoms with Crippen LogP contribution in [0.4, 0.5) is 11.4 Å². The molecule has 0 saturated heterocycles. The highest BCUT2D eigenvalue weighted by Crippen LogP contribution is 2.27. The monoisotopic (exact) mass is 248 g/mol. The third-order valence-electron chi connectivity index (χ3n) is 3.52. The van der Waals surface area contributed by atoms with Gasteiger partial charge >= 0.3 is 0 Å². The molecule has 94 valence electrons. The second-order valence-corrected chi connectivity index (χ2v) is 4.75. The Hall–Kier alpha value is -2.35. The van der Waals surface area contributed by atoms with E-state index < -0.39 is 0 Å². The first-order chi connectivity index (χ1) is 9.25. The molecule has 3 aromatic rings. The van der Waals surface area contributed by atoms with E-state index in [-0.39, 0.29) is 0 Å². The van der Waals surface area contributed by atoms with Crippen molar-refractivity contribution in [3.8, 4) is 0 Å². The normalized spacial score (nSPS) is 10.6. The van der Waals surface area contributed by atoms with Crippen molar-refractivity contribution in [3.05, 3.63) is 65.9 Å². The zero-order chi connectivity index (χ0) is 13.2. The molecule has 0 unspecified atom stereocenters. The van der Waals surface area contributed by atoms with Crippen LogP contribution in [0.3, 0.4) is 0 Å². The van der Waals surface area contributed by atoms with Gasteiger partial charge in [-0.15, -0.1) is 0 Å². The number of pyridine rings is 1. The van der Waals surface area contributed by atoms with Gasteiger partial charge in [-0.2, -0.15) is 0 Å². The number of nitrogens with one attached hydrogen (secondary N) is 1. The SMILES string of the molecule is Cc1cccc(Nc2ccnc3ccccc23)c1C. The van der Waals surface area contributed by atoms with E-state index >= 15 is 0 Å². The number of para-hydroxylation sites is 1. The van der Waals surface area contributed by atoms with Gasteiger partial charge < -0.3 is 5.32 Å². The van der Waals surface area contributed by atoms with E-state index in [9.17, 15) is 0 Å². The molecule has 0 fully saturated rings. The molecule has 19 heavy (non-hydrogen) atoms. The molecule has 1 N–H and O–H groups in total. The van der Waals surface area contributed by atoms with Crippen molar-refractivity contribution < 1.29 is 0 Å². The van der Waals surface area contributed by atoms with Gasteiger partial charge in [-0.3, -0.25) is 4.98 Å². The maximum atomic E-state index is 4.38. The molecule has 0 atom stereocenters. The Labute approximate surface area is 113 Å². The van der Waals surface area contributed by atoms with E-state index in [4.69, 9.17) is 0 Å². The van der Waals surface area contributed by atoms with Crippen molar-refractivity contribution in [2.45, 2.75) is 13.8 Å². The number of rotatable bonds is 2. The van der Waals surface area contributed by atoms with Gasteiger partial charge in [0.1, 0.15) is 0 Å². The van der Waals surface area contributed by atoms with Crippen molar-refractivity contribution in [1.82, 2.24) is 4.98 Å². The summed E-state index contributed by atoms with van der Waals surface area (Å²) >= 11 is 0. The summed E-state index contributed by atoms with van der Waals surface area (Å²) in [5.41, 5.74) is 5.83. The number of anilines is 2. The molecule has 0 spiro atoms. The first kappa shape index (κ1) is 11.7. The van der Waals surface area contributed by atoms with Crippen LogP contribution in [-0.2, 0) is 0 Å². The van der Waals surface area contributed by atoms with Crippen molar-refractivity contribution in [3.63, 3.8) is 0 Å². The summed E-state index contributed by atoms with van der Waals surface area (Å²) in [6.45, 7) is 4.27. The molecule has 0 amide bonds. The molecule has 1 heterocycles. The largest absolute Gasteiger partial charge is 0.355 e. The van der Waals surface area contributed by atoms with Crippen molar-refractivity contribution >= 4 is 22.3 Å². The first-order valence-electron chi connectivity index (χ1n) is 6.43. The summed E-state index contributed by atoms with van der Waals surface area (Å²) in [6, 6.07) is 16.5.